The first-order chi connectivity index (χ1) is 7.42. The molecule has 0 amide bonds. The van der Waals surface area contributed by atoms with Crippen molar-refractivity contribution in [1.82, 2.24) is 0 Å². The Bertz CT molecular complexity index is 333. The van der Waals surface area contributed by atoms with Gasteiger partial charge in [0.2, 0.25) is 0 Å². The molecule has 1 aliphatic carbocycles. The van der Waals surface area contributed by atoms with E-state index in [9.17, 15) is 9.59 Å². The predicted molar refractivity (Wildman–Crippen MR) is 58.5 cm³/mol. The lowest BCUT2D eigenvalue weighted by atomic mass is 9.63. The molecule has 4 heteroatoms. The molecule has 0 heterocycles. The highest BCUT2D eigenvalue weighted by Gasteiger charge is 2.54. The van der Waals surface area contributed by atoms with E-state index in [1.54, 1.807) is 38.2 Å². The van der Waals surface area contributed by atoms with Crippen LogP contribution in [0.5, 0.6) is 0 Å². The lowest BCUT2D eigenvalue weighted by Gasteiger charge is -2.39. The van der Waals surface area contributed by atoms with Crippen molar-refractivity contribution in [2.45, 2.75) is 13.8 Å². The van der Waals surface area contributed by atoms with E-state index in [-0.39, 0.29) is 0 Å². The van der Waals surface area contributed by atoms with E-state index in [0.29, 0.717) is 0 Å². The summed E-state index contributed by atoms with van der Waals surface area (Å²) in [7, 11) is 2.61. The molecule has 0 aromatic rings. The largest absolute Gasteiger partial charge is 0.468 e. The Kier molecular flexibility index (Phi) is 3.21. The molecule has 0 N–H and O–H groups in total. The van der Waals surface area contributed by atoms with Crippen molar-refractivity contribution in [3.63, 3.8) is 0 Å². The molecule has 0 saturated heterocycles. The molecular weight excluding hydrogens is 208 g/mol. The highest BCUT2D eigenvalue weighted by atomic mass is 16.5. The van der Waals surface area contributed by atoms with Crippen LogP contribution in [0.3, 0.4) is 0 Å². The summed E-state index contributed by atoms with van der Waals surface area (Å²) < 4.78 is 9.50. The molecule has 2 atom stereocenters. The van der Waals surface area contributed by atoms with Gasteiger partial charge in [0.25, 0.3) is 0 Å². The van der Waals surface area contributed by atoms with E-state index >= 15 is 0 Å². The number of methoxy groups -OCH3 is 2. The fourth-order valence-corrected chi connectivity index (χ4v) is 1.83. The standard InChI is InChI=1S/C12H16O4/c1-11(9(13)15-3)7-5-6-8-12(11,2)10(14)16-4/h5-8H,1-4H3. The summed E-state index contributed by atoms with van der Waals surface area (Å²) in [6, 6.07) is 0. The van der Waals surface area contributed by atoms with Crippen LogP contribution in [0.15, 0.2) is 24.3 Å². The SMILES string of the molecule is COC(=O)C1(C)C=CC=CC1(C)C(=O)OC. The highest BCUT2D eigenvalue weighted by molar-refractivity contribution is 5.91. The maximum atomic E-state index is 11.8. The van der Waals surface area contributed by atoms with Crippen molar-refractivity contribution >= 4 is 11.9 Å². The van der Waals surface area contributed by atoms with Crippen molar-refractivity contribution in [2.24, 2.45) is 10.8 Å². The van der Waals surface area contributed by atoms with E-state index in [1.807, 2.05) is 0 Å². The van der Waals surface area contributed by atoms with Gasteiger partial charge in [-0.25, -0.2) is 0 Å². The monoisotopic (exact) mass is 224 g/mol. The fraction of sp³-hybridized carbons (Fsp3) is 0.500. The van der Waals surface area contributed by atoms with Gasteiger partial charge in [-0.05, 0) is 13.8 Å². The van der Waals surface area contributed by atoms with Gasteiger partial charge in [0.05, 0.1) is 14.2 Å². The first-order valence-electron chi connectivity index (χ1n) is 4.96. The van der Waals surface area contributed by atoms with Gasteiger partial charge in [-0.3, -0.25) is 9.59 Å². The zero-order valence-electron chi connectivity index (χ0n) is 9.94. The summed E-state index contributed by atoms with van der Waals surface area (Å²) in [5.74, 6) is -0.915. The molecule has 0 aromatic heterocycles. The van der Waals surface area contributed by atoms with Crippen molar-refractivity contribution < 1.29 is 19.1 Å². The lowest BCUT2D eigenvalue weighted by Crippen LogP contribution is -2.48. The molecule has 4 nitrogen and oxygen atoms in total. The van der Waals surface area contributed by atoms with Gasteiger partial charge < -0.3 is 9.47 Å². The third-order valence-electron chi connectivity index (χ3n) is 3.27. The second-order valence-corrected chi connectivity index (χ2v) is 4.11. The first kappa shape index (κ1) is 12.5. The summed E-state index contributed by atoms with van der Waals surface area (Å²) in [6.07, 6.45) is 6.77. The van der Waals surface area contributed by atoms with E-state index in [1.165, 1.54) is 14.2 Å². The van der Waals surface area contributed by atoms with Crippen LogP contribution < -0.4 is 0 Å². The number of rotatable bonds is 2. The third kappa shape index (κ3) is 1.54. The quantitative estimate of drug-likeness (QED) is 0.666. The lowest BCUT2D eigenvalue weighted by molar-refractivity contribution is -0.167. The molecule has 0 saturated carbocycles. The molecule has 2 unspecified atom stereocenters. The second kappa shape index (κ2) is 4.12. The molecule has 0 fully saturated rings. The number of carbonyl (C=O) groups is 2. The number of hydrogen-bond acceptors (Lipinski definition) is 4. The molecule has 0 bridgehead atoms. The molecule has 0 radical (unpaired) electrons. The molecule has 16 heavy (non-hydrogen) atoms. The zero-order chi connectivity index (χ0) is 12.4. The van der Waals surface area contributed by atoms with Crippen molar-refractivity contribution in [2.75, 3.05) is 14.2 Å². The minimum atomic E-state index is -1.04. The van der Waals surface area contributed by atoms with Crippen LogP contribution in [0.1, 0.15) is 13.8 Å². The zero-order valence-corrected chi connectivity index (χ0v) is 9.94. The topological polar surface area (TPSA) is 52.6 Å². The fourth-order valence-electron chi connectivity index (χ4n) is 1.83. The van der Waals surface area contributed by atoms with Crippen LogP contribution in [0.2, 0.25) is 0 Å². The molecule has 0 spiro atoms. The Labute approximate surface area is 94.9 Å². The number of allylic oxidation sites excluding steroid dienone is 2. The number of esters is 2. The summed E-state index contributed by atoms with van der Waals surface area (Å²) in [5, 5.41) is 0. The predicted octanol–water partition coefficient (Wildman–Crippen LogP) is 1.47. The van der Waals surface area contributed by atoms with E-state index in [4.69, 9.17) is 9.47 Å². The maximum absolute atomic E-state index is 11.8. The second-order valence-electron chi connectivity index (χ2n) is 4.11. The molecule has 1 aliphatic rings. The van der Waals surface area contributed by atoms with Crippen LogP contribution in [-0.4, -0.2) is 26.2 Å². The van der Waals surface area contributed by atoms with E-state index in [0.717, 1.165) is 0 Å². The average Bonchev–Trinajstić information content (AvgIpc) is 2.30. The molecule has 0 aromatic carbocycles. The molecular formula is C12H16O4. The van der Waals surface area contributed by atoms with E-state index < -0.39 is 22.8 Å². The summed E-state index contributed by atoms with van der Waals surface area (Å²) in [4.78, 5) is 23.6. The van der Waals surface area contributed by atoms with Crippen molar-refractivity contribution in [3.8, 4) is 0 Å². The van der Waals surface area contributed by atoms with Gasteiger partial charge in [-0.15, -0.1) is 0 Å². The Morgan fingerprint density at radius 2 is 1.19 bits per heavy atom. The highest BCUT2D eigenvalue weighted by Crippen LogP contribution is 2.45. The normalized spacial score (nSPS) is 32.2. The third-order valence-corrected chi connectivity index (χ3v) is 3.27. The van der Waals surface area contributed by atoms with Gasteiger partial charge >= 0.3 is 11.9 Å². The van der Waals surface area contributed by atoms with Crippen LogP contribution in [-0.2, 0) is 19.1 Å². The number of carbonyl (C=O) groups excluding carboxylic acids is 2. The van der Waals surface area contributed by atoms with Gasteiger partial charge in [0.15, 0.2) is 0 Å². The van der Waals surface area contributed by atoms with Crippen molar-refractivity contribution in [1.29, 1.82) is 0 Å². The smallest absolute Gasteiger partial charge is 0.316 e. The Morgan fingerprint density at radius 1 is 0.875 bits per heavy atom. The van der Waals surface area contributed by atoms with Crippen LogP contribution in [0, 0.1) is 10.8 Å². The summed E-state index contributed by atoms with van der Waals surface area (Å²) in [5.41, 5.74) is -2.08. The number of hydrogen-bond donors (Lipinski definition) is 0. The van der Waals surface area contributed by atoms with Gasteiger partial charge in [-0.1, -0.05) is 24.3 Å². The molecule has 1 rings (SSSR count). The maximum Gasteiger partial charge on any atom is 0.316 e. The van der Waals surface area contributed by atoms with Crippen LogP contribution in [0.25, 0.3) is 0 Å². The van der Waals surface area contributed by atoms with Gasteiger partial charge in [-0.2, -0.15) is 0 Å². The minimum absolute atomic E-state index is 0.457. The average molecular weight is 224 g/mol. The summed E-state index contributed by atoms with van der Waals surface area (Å²) >= 11 is 0. The Hall–Kier alpha value is -1.58. The molecule has 88 valence electrons. The number of ether oxygens (including phenoxy) is 2. The van der Waals surface area contributed by atoms with Gasteiger partial charge in [0, 0.05) is 0 Å². The summed E-state index contributed by atoms with van der Waals surface area (Å²) in [6.45, 7) is 3.32. The molecule has 0 aliphatic heterocycles. The van der Waals surface area contributed by atoms with E-state index in [2.05, 4.69) is 0 Å². The van der Waals surface area contributed by atoms with Crippen molar-refractivity contribution in [3.05, 3.63) is 24.3 Å². The minimum Gasteiger partial charge on any atom is -0.468 e. The first-order valence-corrected chi connectivity index (χ1v) is 4.96. The van der Waals surface area contributed by atoms with Crippen LogP contribution in [0.4, 0.5) is 0 Å². The van der Waals surface area contributed by atoms with Gasteiger partial charge in [0.1, 0.15) is 10.8 Å². The van der Waals surface area contributed by atoms with Crippen LogP contribution >= 0.6 is 0 Å². The Balaban J connectivity index is 3.25. The Morgan fingerprint density at radius 3 is 1.44 bits per heavy atom.